The van der Waals surface area contributed by atoms with Crippen LogP contribution in [0.5, 0.6) is 0 Å². The number of hydrogen-bond acceptors (Lipinski definition) is 3. The molecule has 0 saturated heterocycles. The van der Waals surface area contributed by atoms with Crippen molar-refractivity contribution in [1.82, 2.24) is 9.78 Å². The zero-order valence-electron chi connectivity index (χ0n) is 9.23. The van der Waals surface area contributed by atoms with Crippen LogP contribution in [-0.4, -0.2) is 18.2 Å². The molecule has 2 rings (SSSR count). The first-order valence-corrected chi connectivity index (χ1v) is 6.64. The second kappa shape index (κ2) is 3.86. The number of nitrogens with one attached hydrogen (secondary N) is 1. The van der Waals surface area contributed by atoms with E-state index in [1.165, 1.54) is 0 Å². The van der Waals surface area contributed by atoms with Crippen LogP contribution in [0.3, 0.4) is 0 Å². The van der Waals surface area contributed by atoms with Gasteiger partial charge >= 0.3 is 0 Å². The standard InChI is InChI=1S/C9H11ClN4O2S/c1-5-3-4-6(10)7-8(5)14(2)12-9(7)13-17(11,15)16/h3-4H,1-2H3,(H,12,13)(H2,11,15,16). The summed E-state index contributed by atoms with van der Waals surface area (Å²) in [6.45, 7) is 1.89. The van der Waals surface area contributed by atoms with Gasteiger partial charge in [0.1, 0.15) is 0 Å². The fourth-order valence-electron chi connectivity index (χ4n) is 1.77. The van der Waals surface area contributed by atoms with Gasteiger partial charge in [-0.2, -0.15) is 13.5 Å². The quantitative estimate of drug-likeness (QED) is 0.861. The fraction of sp³-hybridized carbons (Fsp3) is 0.222. The second-order valence-corrected chi connectivity index (χ2v) is 5.41. The molecule has 0 fully saturated rings. The lowest BCUT2D eigenvalue weighted by atomic mass is 10.1. The number of aryl methyl sites for hydroxylation is 2. The summed E-state index contributed by atoms with van der Waals surface area (Å²) in [5, 5.41) is 9.95. The predicted octanol–water partition coefficient (Wildman–Crippen LogP) is 1.15. The molecular weight excluding hydrogens is 264 g/mol. The summed E-state index contributed by atoms with van der Waals surface area (Å²) in [4.78, 5) is 0. The van der Waals surface area contributed by atoms with Gasteiger partial charge in [-0.15, -0.1) is 0 Å². The van der Waals surface area contributed by atoms with Crippen molar-refractivity contribution in [3.05, 3.63) is 22.7 Å². The lowest BCUT2D eigenvalue weighted by Crippen LogP contribution is -2.22. The van der Waals surface area contributed by atoms with Crippen LogP contribution in [0, 0.1) is 6.92 Å². The van der Waals surface area contributed by atoms with Crippen molar-refractivity contribution in [2.24, 2.45) is 12.2 Å². The molecule has 6 nitrogen and oxygen atoms in total. The van der Waals surface area contributed by atoms with Crippen molar-refractivity contribution in [2.45, 2.75) is 6.92 Å². The topological polar surface area (TPSA) is 90.0 Å². The summed E-state index contributed by atoms with van der Waals surface area (Å²) in [5.41, 5.74) is 1.71. The summed E-state index contributed by atoms with van der Waals surface area (Å²) in [5.74, 6) is 0.138. The molecule has 0 spiro atoms. The lowest BCUT2D eigenvalue weighted by Gasteiger charge is -2.02. The maximum absolute atomic E-state index is 11.0. The Morgan fingerprint density at radius 1 is 1.47 bits per heavy atom. The van der Waals surface area contributed by atoms with E-state index in [1.54, 1.807) is 17.8 Å². The number of benzene rings is 1. The van der Waals surface area contributed by atoms with Gasteiger partial charge in [0.15, 0.2) is 5.82 Å². The van der Waals surface area contributed by atoms with Crippen LogP contribution in [0.15, 0.2) is 12.1 Å². The van der Waals surface area contributed by atoms with Gasteiger partial charge in [-0.25, -0.2) is 5.14 Å². The Labute approximate surface area is 104 Å². The summed E-state index contributed by atoms with van der Waals surface area (Å²) >= 11 is 6.05. The maximum atomic E-state index is 11.0. The zero-order valence-corrected chi connectivity index (χ0v) is 10.8. The number of fused-ring (bicyclic) bond motifs is 1. The first-order valence-electron chi connectivity index (χ1n) is 4.72. The molecule has 8 heteroatoms. The molecule has 0 aliphatic rings. The number of halogens is 1. The van der Waals surface area contributed by atoms with E-state index in [0.717, 1.165) is 11.1 Å². The molecule has 0 bridgehead atoms. The number of nitrogens with zero attached hydrogens (tertiary/aromatic N) is 2. The molecule has 92 valence electrons. The van der Waals surface area contributed by atoms with Crippen LogP contribution in [0.4, 0.5) is 5.82 Å². The van der Waals surface area contributed by atoms with E-state index < -0.39 is 10.2 Å². The van der Waals surface area contributed by atoms with Crippen LogP contribution in [0.2, 0.25) is 5.02 Å². The molecule has 0 unspecified atom stereocenters. The molecule has 0 aliphatic carbocycles. The normalized spacial score (nSPS) is 12.0. The first-order chi connectivity index (χ1) is 7.79. The van der Waals surface area contributed by atoms with Crippen LogP contribution in [-0.2, 0) is 17.3 Å². The monoisotopic (exact) mass is 274 g/mol. The molecule has 1 aromatic heterocycles. The minimum atomic E-state index is -3.87. The number of aromatic nitrogens is 2. The highest BCUT2D eigenvalue weighted by Gasteiger charge is 2.16. The number of anilines is 1. The fourth-order valence-corrected chi connectivity index (χ4v) is 2.42. The van der Waals surface area contributed by atoms with Crippen molar-refractivity contribution < 1.29 is 8.42 Å². The third-order valence-corrected chi connectivity index (χ3v) is 3.17. The molecule has 1 aromatic carbocycles. The van der Waals surface area contributed by atoms with Crippen molar-refractivity contribution in [3.63, 3.8) is 0 Å². The molecular formula is C9H11ClN4O2S. The Morgan fingerprint density at radius 2 is 2.12 bits per heavy atom. The SMILES string of the molecule is Cc1ccc(Cl)c2c(NS(N)(=O)=O)nn(C)c12. The Kier molecular flexibility index (Phi) is 2.76. The van der Waals surface area contributed by atoms with Gasteiger partial charge in [0.05, 0.1) is 15.9 Å². The minimum absolute atomic E-state index is 0.138. The summed E-state index contributed by atoms with van der Waals surface area (Å²) < 4.78 is 25.8. The third-order valence-electron chi connectivity index (χ3n) is 2.38. The van der Waals surface area contributed by atoms with E-state index in [2.05, 4.69) is 9.82 Å². The number of hydrogen-bond donors (Lipinski definition) is 2. The van der Waals surface area contributed by atoms with Gasteiger partial charge in [0.25, 0.3) is 10.2 Å². The smallest absolute Gasteiger partial charge is 0.265 e. The van der Waals surface area contributed by atoms with Crippen molar-refractivity contribution in [3.8, 4) is 0 Å². The summed E-state index contributed by atoms with van der Waals surface area (Å²) in [6, 6.07) is 3.53. The van der Waals surface area contributed by atoms with E-state index in [4.69, 9.17) is 16.7 Å². The zero-order chi connectivity index (χ0) is 12.8. The Balaban J connectivity index is 2.79. The molecule has 0 aliphatic heterocycles. The van der Waals surface area contributed by atoms with E-state index >= 15 is 0 Å². The van der Waals surface area contributed by atoms with Crippen molar-refractivity contribution in [1.29, 1.82) is 0 Å². The molecule has 17 heavy (non-hydrogen) atoms. The first kappa shape index (κ1) is 12.2. The predicted molar refractivity (Wildman–Crippen MR) is 67.2 cm³/mol. The average molecular weight is 275 g/mol. The van der Waals surface area contributed by atoms with E-state index in [-0.39, 0.29) is 5.82 Å². The van der Waals surface area contributed by atoms with Gasteiger partial charge in [0, 0.05) is 7.05 Å². The highest BCUT2D eigenvalue weighted by Crippen LogP contribution is 2.32. The van der Waals surface area contributed by atoms with E-state index in [9.17, 15) is 8.42 Å². The number of nitrogens with two attached hydrogens (primary N) is 1. The highest BCUT2D eigenvalue weighted by atomic mass is 35.5. The molecule has 1 heterocycles. The molecule has 0 amide bonds. The molecule has 0 radical (unpaired) electrons. The minimum Gasteiger partial charge on any atom is -0.265 e. The third kappa shape index (κ3) is 2.21. The lowest BCUT2D eigenvalue weighted by molar-refractivity contribution is 0.602. The average Bonchev–Trinajstić information content (AvgIpc) is 2.48. The molecule has 2 aromatic rings. The van der Waals surface area contributed by atoms with Crippen LogP contribution in [0.1, 0.15) is 5.56 Å². The highest BCUT2D eigenvalue weighted by molar-refractivity contribution is 7.90. The van der Waals surface area contributed by atoms with Crippen LogP contribution in [0.25, 0.3) is 10.9 Å². The van der Waals surface area contributed by atoms with Crippen LogP contribution >= 0.6 is 11.6 Å². The van der Waals surface area contributed by atoms with Gasteiger partial charge in [-0.05, 0) is 18.6 Å². The van der Waals surface area contributed by atoms with Gasteiger partial charge in [-0.3, -0.25) is 9.40 Å². The molecule has 3 N–H and O–H groups in total. The van der Waals surface area contributed by atoms with Gasteiger partial charge < -0.3 is 0 Å². The number of rotatable bonds is 2. The molecule has 0 saturated carbocycles. The summed E-state index contributed by atoms with van der Waals surface area (Å²) in [7, 11) is -2.16. The molecule has 0 atom stereocenters. The Bertz CT molecular complexity index is 693. The second-order valence-electron chi connectivity index (χ2n) is 3.71. The largest absolute Gasteiger partial charge is 0.297 e. The summed E-state index contributed by atoms with van der Waals surface area (Å²) in [6.07, 6.45) is 0. The van der Waals surface area contributed by atoms with Crippen molar-refractivity contribution >= 4 is 38.5 Å². The Hall–Kier alpha value is -1.31. The Morgan fingerprint density at radius 3 is 2.71 bits per heavy atom. The van der Waals surface area contributed by atoms with E-state index in [0.29, 0.717) is 10.4 Å². The van der Waals surface area contributed by atoms with Gasteiger partial charge in [-0.1, -0.05) is 17.7 Å². The van der Waals surface area contributed by atoms with Gasteiger partial charge in [0.2, 0.25) is 0 Å². The van der Waals surface area contributed by atoms with Crippen molar-refractivity contribution in [2.75, 3.05) is 4.72 Å². The van der Waals surface area contributed by atoms with E-state index in [1.807, 2.05) is 13.0 Å². The van der Waals surface area contributed by atoms with Crippen LogP contribution < -0.4 is 9.86 Å². The maximum Gasteiger partial charge on any atom is 0.297 e.